The standard InChI is InChI=1S/C19H18N4O2/c1-11-7-8-15(24)14(9-11)23-10-16(25)17(18(23)20)19-21-12-5-3-4-6-13(12)22(19)2/h3-9,20,24-25H,10H2,1-2H3. The van der Waals surface area contributed by atoms with Gasteiger partial charge in [-0.2, -0.15) is 0 Å². The van der Waals surface area contributed by atoms with Gasteiger partial charge in [-0.25, -0.2) is 4.98 Å². The quantitative estimate of drug-likeness (QED) is 0.671. The van der Waals surface area contributed by atoms with Crippen molar-refractivity contribution in [2.24, 2.45) is 7.05 Å². The molecular weight excluding hydrogens is 316 g/mol. The SMILES string of the molecule is Cc1ccc(O)c(N2CC(O)=C(c3nc4ccccc4n3C)C2=N)c1. The molecule has 2 heterocycles. The maximum absolute atomic E-state index is 10.5. The fourth-order valence-corrected chi connectivity index (χ4v) is 3.24. The minimum absolute atomic E-state index is 0.0734. The van der Waals surface area contributed by atoms with E-state index in [2.05, 4.69) is 4.98 Å². The van der Waals surface area contributed by atoms with Gasteiger partial charge in [0.25, 0.3) is 0 Å². The summed E-state index contributed by atoms with van der Waals surface area (Å²) in [5.74, 6) is 0.814. The van der Waals surface area contributed by atoms with E-state index in [4.69, 9.17) is 5.41 Å². The Balaban J connectivity index is 1.81. The second-order valence-electron chi connectivity index (χ2n) is 6.23. The molecule has 0 fully saturated rings. The number of rotatable bonds is 2. The number of hydrogen-bond acceptors (Lipinski definition) is 4. The van der Waals surface area contributed by atoms with Crippen molar-refractivity contribution in [3.05, 3.63) is 59.6 Å². The highest BCUT2D eigenvalue weighted by molar-refractivity contribution is 6.30. The summed E-state index contributed by atoms with van der Waals surface area (Å²) >= 11 is 0. The van der Waals surface area contributed by atoms with Crippen molar-refractivity contribution in [2.75, 3.05) is 11.4 Å². The summed E-state index contributed by atoms with van der Waals surface area (Å²) in [6.45, 7) is 2.05. The van der Waals surface area contributed by atoms with Crippen molar-refractivity contribution in [3.63, 3.8) is 0 Å². The zero-order valence-electron chi connectivity index (χ0n) is 14.0. The predicted molar refractivity (Wildman–Crippen MR) is 98.2 cm³/mol. The third-order valence-electron chi connectivity index (χ3n) is 4.54. The van der Waals surface area contributed by atoms with Crippen LogP contribution in [0, 0.1) is 12.3 Å². The van der Waals surface area contributed by atoms with Crippen LogP contribution in [-0.2, 0) is 7.05 Å². The van der Waals surface area contributed by atoms with Gasteiger partial charge in [-0.3, -0.25) is 5.41 Å². The highest BCUT2D eigenvalue weighted by Gasteiger charge is 2.33. The van der Waals surface area contributed by atoms with Crippen LogP contribution in [0.15, 0.2) is 48.2 Å². The Morgan fingerprint density at radius 1 is 1.12 bits per heavy atom. The van der Waals surface area contributed by atoms with Gasteiger partial charge < -0.3 is 19.7 Å². The molecule has 0 saturated heterocycles. The molecule has 3 aromatic rings. The molecule has 1 aliphatic heterocycles. The first-order valence-corrected chi connectivity index (χ1v) is 7.97. The Bertz CT molecular complexity index is 1050. The largest absolute Gasteiger partial charge is 0.509 e. The average molecular weight is 334 g/mol. The number of benzene rings is 2. The summed E-state index contributed by atoms with van der Waals surface area (Å²) in [7, 11) is 1.87. The number of amidine groups is 1. The molecule has 2 aromatic carbocycles. The Morgan fingerprint density at radius 2 is 1.88 bits per heavy atom. The van der Waals surface area contributed by atoms with Crippen LogP contribution >= 0.6 is 0 Å². The number of aromatic nitrogens is 2. The molecule has 0 bridgehead atoms. The van der Waals surface area contributed by atoms with E-state index in [0.29, 0.717) is 17.1 Å². The molecule has 0 radical (unpaired) electrons. The summed E-state index contributed by atoms with van der Waals surface area (Å²) in [5, 5.41) is 29.2. The number of anilines is 1. The molecule has 4 rings (SSSR count). The number of fused-ring (bicyclic) bond motifs is 1. The van der Waals surface area contributed by atoms with Gasteiger partial charge >= 0.3 is 0 Å². The fourth-order valence-electron chi connectivity index (χ4n) is 3.24. The molecule has 126 valence electrons. The number of hydrogen-bond donors (Lipinski definition) is 3. The number of aryl methyl sites for hydroxylation is 2. The first-order valence-electron chi connectivity index (χ1n) is 7.97. The zero-order chi connectivity index (χ0) is 17.7. The van der Waals surface area contributed by atoms with E-state index < -0.39 is 0 Å². The summed E-state index contributed by atoms with van der Waals surface area (Å²) in [6, 6.07) is 12.9. The maximum Gasteiger partial charge on any atom is 0.148 e. The van der Waals surface area contributed by atoms with E-state index in [-0.39, 0.29) is 23.9 Å². The smallest absolute Gasteiger partial charge is 0.148 e. The predicted octanol–water partition coefficient (Wildman–Crippen LogP) is 3.35. The number of imidazole rings is 1. The van der Waals surface area contributed by atoms with E-state index in [0.717, 1.165) is 16.6 Å². The number of nitrogens with one attached hydrogen (secondary N) is 1. The third-order valence-corrected chi connectivity index (χ3v) is 4.54. The van der Waals surface area contributed by atoms with Crippen LogP contribution in [0.5, 0.6) is 5.75 Å². The van der Waals surface area contributed by atoms with Gasteiger partial charge in [0, 0.05) is 7.05 Å². The van der Waals surface area contributed by atoms with E-state index in [1.54, 1.807) is 23.1 Å². The van der Waals surface area contributed by atoms with Crippen LogP contribution in [0.2, 0.25) is 0 Å². The number of phenols is 1. The van der Waals surface area contributed by atoms with Crippen LogP contribution in [0.1, 0.15) is 11.4 Å². The molecule has 0 saturated carbocycles. The number of para-hydroxylation sites is 2. The van der Waals surface area contributed by atoms with Crippen LogP contribution in [0.3, 0.4) is 0 Å². The number of aliphatic hydroxyl groups excluding tert-OH is 1. The normalized spacial score (nSPS) is 14.8. The van der Waals surface area contributed by atoms with Crippen LogP contribution in [-0.4, -0.2) is 32.1 Å². The van der Waals surface area contributed by atoms with Crippen LogP contribution in [0.25, 0.3) is 16.6 Å². The van der Waals surface area contributed by atoms with Gasteiger partial charge in [0.05, 0.1) is 28.8 Å². The molecule has 6 nitrogen and oxygen atoms in total. The zero-order valence-corrected chi connectivity index (χ0v) is 14.0. The van der Waals surface area contributed by atoms with Crippen LogP contribution < -0.4 is 4.90 Å². The molecule has 0 spiro atoms. The third kappa shape index (κ3) is 2.26. The fraction of sp³-hybridized carbons (Fsp3) is 0.158. The Labute approximate surface area is 144 Å². The lowest BCUT2D eigenvalue weighted by molar-refractivity contribution is 0.410. The second kappa shape index (κ2) is 5.37. The number of nitrogens with zero attached hydrogens (tertiary/aromatic N) is 3. The molecule has 0 amide bonds. The van der Waals surface area contributed by atoms with E-state index >= 15 is 0 Å². The van der Waals surface area contributed by atoms with Gasteiger partial charge in [0.15, 0.2) is 0 Å². The minimum Gasteiger partial charge on any atom is -0.509 e. The minimum atomic E-state index is 0.0734. The van der Waals surface area contributed by atoms with Crippen molar-refractivity contribution in [2.45, 2.75) is 6.92 Å². The van der Waals surface area contributed by atoms with Crippen molar-refractivity contribution in [1.29, 1.82) is 5.41 Å². The summed E-state index contributed by atoms with van der Waals surface area (Å²) in [4.78, 5) is 6.17. The molecule has 1 aromatic heterocycles. The van der Waals surface area contributed by atoms with E-state index in [1.807, 2.05) is 42.8 Å². The number of aromatic hydroxyl groups is 1. The Kier molecular flexibility index (Phi) is 3.28. The maximum atomic E-state index is 10.5. The van der Waals surface area contributed by atoms with E-state index in [1.165, 1.54) is 0 Å². The van der Waals surface area contributed by atoms with Gasteiger partial charge in [0.2, 0.25) is 0 Å². The molecule has 0 unspecified atom stereocenters. The molecule has 0 atom stereocenters. The number of phenolic OH excluding ortho intramolecular Hbond substituents is 1. The monoisotopic (exact) mass is 334 g/mol. The lowest BCUT2D eigenvalue weighted by Crippen LogP contribution is -2.26. The summed E-state index contributed by atoms with van der Waals surface area (Å²) in [5.41, 5.74) is 3.61. The average Bonchev–Trinajstić information content (AvgIpc) is 3.07. The second-order valence-corrected chi connectivity index (χ2v) is 6.23. The first-order chi connectivity index (χ1) is 12.0. The molecule has 25 heavy (non-hydrogen) atoms. The van der Waals surface area contributed by atoms with Gasteiger partial charge in [-0.15, -0.1) is 0 Å². The molecule has 3 N–H and O–H groups in total. The Morgan fingerprint density at radius 3 is 2.64 bits per heavy atom. The van der Waals surface area contributed by atoms with Crippen molar-refractivity contribution >= 4 is 28.1 Å². The lowest BCUT2D eigenvalue weighted by Gasteiger charge is -2.20. The topological polar surface area (TPSA) is 85.4 Å². The van der Waals surface area contributed by atoms with Crippen molar-refractivity contribution in [3.8, 4) is 5.75 Å². The first kappa shape index (κ1) is 15.3. The van der Waals surface area contributed by atoms with Crippen molar-refractivity contribution in [1.82, 2.24) is 9.55 Å². The lowest BCUT2D eigenvalue weighted by atomic mass is 10.2. The van der Waals surface area contributed by atoms with E-state index in [9.17, 15) is 10.2 Å². The summed E-state index contributed by atoms with van der Waals surface area (Å²) < 4.78 is 1.87. The van der Waals surface area contributed by atoms with Gasteiger partial charge in [0.1, 0.15) is 23.2 Å². The van der Waals surface area contributed by atoms with Crippen LogP contribution in [0.4, 0.5) is 5.69 Å². The molecule has 1 aliphatic rings. The molecule has 0 aliphatic carbocycles. The van der Waals surface area contributed by atoms with Gasteiger partial charge in [-0.05, 0) is 36.8 Å². The summed E-state index contributed by atoms with van der Waals surface area (Å²) in [6.07, 6.45) is 0. The highest BCUT2D eigenvalue weighted by atomic mass is 16.3. The molecule has 6 heteroatoms. The van der Waals surface area contributed by atoms with Crippen molar-refractivity contribution < 1.29 is 10.2 Å². The highest BCUT2D eigenvalue weighted by Crippen LogP contribution is 2.36. The molecular formula is C19H18N4O2. The van der Waals surface area contributed by atoms with Gasteiger partial charge in [-0.1, -0.05) is 18.2 Å². The Hall–Kier alpha value is -3.28. The number of aliphatic hydroxyl groups is 1.